The molecule has 9 heteroatoms. The first-order chi connectivity index (χ1) is 16.3. The standard InChI is InChI=1S/C25H22F3N5O/c1-17(2)22-5-3-4-6-23(22)31-30-15-18-7-9-19(10-8-18)24-29-16-33(32-24)20-11-13-21(14-12-20)34-25(26,27)28/h3-17,31H,1-2H3/b30-15+. The molecule has 0 aliphatic heterocycles. The van der Waals surface area contributed by atoms with Crippen molar-refractivity contribution >= 4 is 11.9 Å². The number of nitrogens with zero attached hydrogens (tertiary/aromatic N) is 4. The topological polar surface area (TPSA) is 64.3 Å². The van der Waals surface area contributed by atoms with Crippen LogP contribution in [0.15, 0.2) is 84.2 Å². The van der Waals surface area contributed by atoms with Gasteiger partial charge in [-0.15, -0.1) is 18.3 Å². The van der Waals surface area contributed by atoms with E-state index in [1.54, 1.807) is 6.21 Å². The quantitative estimate of drug-likeness (QED) is 0.253. The first kappa shape index (κ1) is 23.0. The molecular weight excluding hydrogens is 443 g/mol. The van der Waals surface area contributed by atoms with E-state index in [4.69, 9.17) is 0 Å². The summed E-state index contributed by atoms with van der Waals surface area (Å²) in [5.74, 6) is 0.579. The number of hydrogen-bond acceptors (Lipinski definition) is 5. The summed E-state index contributed by atoms with van der Waals surface area (Å²) in [6, 6.07) is 21.0. The average molecular weight is 465 g/mol. The molecule has 0 spiro atoms. The number of alkyl halides is 3. The van der Waals surface area contributed by atoms with Crippen LogP contribution in [0, 0.1) is 0 Å². The number of para-hydroxylation sites is 1. The van der Waals surface area contributed by atoms with Crippen LogP contribution in [-0.4, -0.2) is 27.3 Å². The highest BCUT2D eigenvalue weighted by molar-refractivity contribution is 5.81. The van der Waals surface area contributed by atoms with Gasteiger partial charge in [-0.3, -0.25) is 5.43 Å². The van der Waals surface area contributed by atoms with E-state index in [0.29, 0.717) is 17.4 Å². The maximum Gasteiger partial charge on any atom is 0.573 e. The molecule has 0 saturated heterocycles. The molecule has 1 aromatic heterocycles. The number of benzene rings is 3. The molecule has 1 N–H and O–H groups in total. The fraction of sp³-hybridized carbons (Fsp3) is 0.160. The molecular formula is C25H22F3N5O. The summed E-state index contributed by atoms with van der Waals surface area (Å²) in [6.45, 7) is 4.27. The van der Waals surface area contributed by atoms with Gasteiger partial charge in [-0.2, -0.15) is 5.10 Å². The molecule has 0 aliphatic carbocycles. The third kappa shape index (κ3) is 5.80. The van der Waals surface area contributed by atoms with E-state index in [2.05, 4.69) is 45.3 Å². The van der Waals surface area contributed by atoms with Gasteiger partial charge in [-0.1, -0.05) is 56.3 Å². The van der Waals surface area contributed by atoms with Crippen LogP contribution in [0.5, 0.6) is 5.75 Å². The summed E-state index contributed by atoms with van der Waals surface area (Å²) in [5.41, 5.74) is 7.52. The number of hydrazone groups is 1. The summed E-state index contributed by atoms with van der Waals surface area (Å²) < 4.78 is 42.3. The lowest BCUT2D eigenvalue weighted by atomic mass is 10.0. The van der Waals surface area contributed by atoms with Crippen molar-refractivity contribution in [1.29, 1.82) is 0 Å². The number of ether oxygens (including phenoxy) is 1. The molecule has 0 saturated carbocycles. The molecule has 4 rings (SSSR count). The third-order valence-corrected chi connectivity index (χ3v) is 4.98. The maximum absolute atomic E-state index is 12.3. The summed E-state index contributed by atoms with van der Waals surface area (Å²) in [5, 5.41) is 8.75. The second kappa shape index (κ2) is 9.78. The van der Waals surface area contributed by atoms with Crippen molar-refractivity contribution < 1.29 is 17.9 Å². The molecule has 0 radical (unpaired) electrons. The first-order valence-corrected chi connectivity index (χ1v) is 10.5. The van der Waals surface area contributed by atoms with Crippen LogP contribution in [0.4, 0.5) is 18.9 Å². The van der Waals surface area contributed by atoms with E-state index >= 15 is 0 Å². The van der Waals surface area contributed by atoms with Crippen molar-refractivity contribution in [3.8, 4) is 22.8 Å². The Morgan fingerprint density at radius 1 is 0.971 bits per heavy atom. The molecule has 0 atom stereocenters. The molecule has 4 aromatic rings. The smallest absolute Gasteiger partial charge is 0.406 e. The second-order valence-electron chi connectivity index (χ2n) is 7.79. The van der Waals surface area contributed by atoms with Crippen LogP contribution < -0.4 is 10.2 Å². The maximum atomic E-state index is 12.3. The van der Waals surface area contributed by atoms with Crippen LogP contribution >= 0.6 is 0 Å². The number of aromatic nitrogens is 3. The van der Waals surface area contributed by atoms with Gasteiger partial charge in [0.15, 0.2) is 5.82 Å². The van der Waals surface area contributed by atoms with E-state index in [9.17, 15) is 13.2 Å². The van der Waals surface area contributed by atoms with E-state index in [-0.39, 0.29) is 5.75 Å². The molecule has 174 valence electrons. The lowest BCUT2D eigenvalue weighted by molar-refractivity contribution is -0.274. The second-order valence-corrected chi connectivity index (χ2v) is 7.79. The van der Waals surface area contributed by atoms with Gasteiger partial charge in [-0.25, -0.2) is 9.67 Å². The normalized spacial score (nSPS) is 11.8. The van der Waals surface area contributed by atoms with Crippen LogP contribution in [0.2, 0.25) is 0 Å². The minimum atomic E-state index is -4.73. The Balaban J connectivity index is 1.41. The van der Waals surface area contributed by atoms with Gasteiger partial charge in [0.25, 0.3) is 0 Å². The lowest BCUT2D eigenvalue weighted by Gasteiger charge is -2.11. The number of anilines is 1. The SMILES string of the molecule is CC(C)c1ccccc1N/N=C/c1ccc(-c2ncn(-c3ccc(OC(F)(F)F)cc3)n2)cc1. The van der Waals surface area contributed by atoms with Crippen molar-refractivity contribution in [1.82, 2.24) is 14.8 Å². The summed E-state index contributed by atoms with van der Waals surface area (Å²) >= 11 is 0. The van der Waals surface area contributed by atoms with Gasteiger partial charge in [0.1, 0.15) is 12.1 Å². The molecule has 34 heavy (non-hydrogen) atoms. The third-order valence-electron chi connectivity index (χ3n) is 4.98. The highest BCUT2D eigenvalue weighted by atomic mass is 19.4. The van der Waals surface area contributed by atoms with Gasteiger partial charge >= 0.3 is 6.36 Å². The number of hydrogen-bond donors (Lipinski definition) is 1. The van der Waals surface area contributed by atoms with Crippen LogP contribution in [-0.2, 0) is 0 Å². The molecule has 6 nitrogen and oxygen atoms in total. The number of halogens is 3. The van der Waals surface area contributed by atoms with E-state index < -0.39 is 6.36 Å². The molecule has 0 fully saturated rings. The molecule has 0 bridgehead atoms. The largest absolute Gasteiger partial charge is 0.573 e. The summed E-state index contributed by atoms with van der Waals surface area (Å²) in [6.07, 6.45) is -1.49. The van der Waals surface area contributed by atoms with E-state index in [1.807, 2.05) is 42.5 Å². The van der Waals surface area contributed by atoms with Crippen molar-refractivity contribution in [2.45, 2.75) is 26.1 Å². The van der Waals surface area contributed by atoms with Gasteiger partial charge in [-0.05, 0) is 47.4 Å². The van der Waals surface area contributed by atoms with Crippen molar-refractivity contribution in [2.24, 2.45) is 5.10 Å². The Kier molecular flexibility index (Phi) is 6.62. The van der Waals surface area contributed by atoms with Crippen molar-refractivity contribution in [3.63, 3.8) is 0 Å². The molecule has 1 heterocycles. The van der Waals surface area contributed by atoms with Gasteiger partial charge in [0.2, 0.25) is 0 Å². The monoisotopic (exact) mass is 465 g/mol. The first-order valence-electron chi connectivity index (χ1n) is 10.5. The highest BCUT2D eigenvalue weighted by Gasteiger charge is 2.31. The zero-order valence-corrected chi connectivity index (χ0v) is 18.5. The highest BCUT2D eigenvalue weighted by Crippen LogP contribution is 2.25. The predicted molar refractivity (Wildman–Crippen MR) is 125 cm³/mol. The molecule has 0 unspecified atom stereocenters. The fourth-order valence-electron chi connectivity index (χ4n) is 3.32. The lowest BCUT2D eigenvalue weighted by Crippen LogP contribution is -2.17. The Morgan fingerprint density at radius 3 is 2.35 bits per heavy atom. The van der Waals surface area contributed by atoms with Crippen molar-refractivity contribution in [3.05, 3.63) is 90.3 Å². The Morgan fingerprint density at radius 2 is 1.68 bits per heavy atom. The van der Waals surface area contributed by atoms with E-state index in [0.717, 1.165) is 16.8 Å². The van der Waals surface area contributed by atoms with Gasteiger partial charge < -0.3 is 4.74 Å². The van der Waals surface area contributed by atoms with Crippen LogP contribution in [0.3, 0.4) is 0 Å². The Bertz CT molecular complexity index is 1260. The van der Waals surface area contributed by atoms with Gasteiger partial charge in [0.05, 0.1) is 17.6 Å². The molecule has 3 aromatic carbocycles. The average Bonchev–Trinajstić information content (AvgIpc) is 3.29. The molecule has 0 aliphatic rings. The van der Waals surface area contributed by atoms with Gasteiger partial charge in [0, 0.05) is 5.56 Å². The number of rotatable bonds is 7. The van der Waals surface area contributed by atoms with Crippen LogP contribution in [0.1, 0.15) is 30.9 Å². The summed E-state index contributed by atoms with van der Waals surface area (Å²) in [4.78, 5) is 4.30. The minimum Gasteiger partial charge on any atom is -0.406 e. The molecule has 0 amide bonds. The Labute approximate surface area is 194 Å². The Hall–Kier alpha value is -4.14. The fourth-order valence-corrected chi connectivity index (χ4v) is 3.32. The zero-order chi connectivity index (χ0) is 24.1. The minimum absolute atomic E-state index is 0.295. The van der Waals surface area contributed by atoms with Crippen LogP contribution in [0.25, 0.3) is 17.1 Å². The van der Waals surface area contributed by atoms with Crippen molar-refractivity contribution in [2.75, 3.05) is 5.43 Å². The van der Waals surface area contributed by atoms with E-state index in [1.165, 1.54) is 40.8 Å². The number of nitrogens with one attached hydrogen (secondary N) is 1. The predicted octanol–water partition coefficient (Wildman–Crippen LogP) is 6.40. The zero-order valence-electron chi connectivity index (χ0n) is 18.5. The summed E-state index contributed by atoms with van der Waals surface area (Å²) in [7, 11) is 0.